The molecule has 0 radical (unpaired) electrons. The van der Waals surface area contributed by atoms with E-state index in [4.69, 9.17) is 14.8 Å². The van der Waals surface area contributed by atoms with Crippen LogP contribution in [0.2, 0.25) is 0 Å². The molecule has 82 valence electrons. The molecule has 14 heavy (non-hydrogen) atoms. The summed E-state index contributed by atoms with van der Waals surface area (Å²) in [6.45, 7) is -0.747. The molecule has 1 fully saturated rings. The maximum Gasteiger partial charge on any atom is 0.397 e. The van der Waals surface area contributed by atoms with Crippen LogP contribution in [0.3, 0.4) is 0 Å². The highest BCUT2D eigenvalue weighted by molar-refractivity contribution is 7.80. The number of hydrogen-bond acceptors (Lipinski definition) is 7. The first kappa shape index (κ1) is 11.3. The molecule has 0 aliphatic carbocycles. The van der Waals surface area contributed by atoms with Gasteiger partial charge in [-0.05, 0) is 0 Å². The van der Waals surface area contributed by atoms with Crippen LogP contribution >= 0.6 is 0 Å². The highest BCUT2D eigenvalue weighted by Crippen LogP contribution is 2.16. The Morgan fingerprint density at radius 3 is 2.36 bits per heavy atom. The summed E-state index contributed by atoms with van der Waals surface area (Å²) < 4.78 is 36.6. The average Bonchev–Trinajstić information content (AvgIpc) is 2.28. The number of carbonyl (C=O) groups excluding carboxylic acids is 1. The Morgan fingerprint density at radius 1 is 1.43 bits per heavy atom. The maximum absolute atomic E-state index is 10.6. The first-order chi connectivity index (χ1) is 6.31. The number of ether oxygens (including phenoxy) is 1. The second kappa shape index (κ2) is 3.79. The van der Waals surface area contributed by atoms with E-state index in [0.29, 0.717) is 0 Å². The normalized spacial score (nSPS) is 33.1. The minimum atomic E-state index is -4.65. The van der Waals surface area contributed by atoms with Crippen molar-refractivity contribution in [2.24, 2.45) is 0 Å². The molecular formula is C5H8O8S. The fraction of sp³-hybridized carbons (Fsp3) is 0.800. The fourth-order valence-electron chi connectivity index (χ4n) is 0.917. The van der Waals surface area contributed by atoms with Gasteiger partial charge in [0, 0.05) is 0 Å². The van der Waals surface area contributed by atoms with E-state index in [1.165, 1.54) is 0 Å². The molecule has 0 bridgehead atoms. The predicted octanol–water partition coefficient (Wildman–Crippen LogP) is -2.55. The van der Waals surface area contributed by atoms with Crippen LogP contribution in [0.4, 0.5) is 0 Å². The number of esters is 1. The summed E-state index contributed by atoms with van der Waals surface area (Å²) in [4.78, 5) is 10.6. The van der Waals surface area contributed by atoms with E-state index in [1.54, 1.807) is 0 Å². The molecule has 0 aromatic heterocycles. The molecule has 0 saturated carbocycles. The van der Waals surface area contributed by atoms with Crippen molar-refractivity contribution in [3.8, 4) is 0 Å². The van der Waals surface area contributed by atoms with Crippen LogP contribution in [-0.2, 0) is 24.1 Å². The van der Waals surface area contributed by atoms with E-state index < -0.39 is 41.3 Å². The fourth-order valence-corrected chi connectivity index (χ4v) is 1.22. The van der Waals surface area contributed by atoms with E-state index >= 15 is 0 Å². The lowest BCUT2D eigenvalue weighted by Gasteiger charge is -2.11. The Morgan fingerprint density at radius 2 is 2.00 bits per heavy atom. The van der Waals surface area contributed by atoms with Crippen molar-refractivity contribution >= 4 is 16.4 Å². The molecule has 1 saturated heterocycles. The van der Waals surface area contributed by atoms with Crippen LogP contribution in [0.25, 0.3) is 0 Å². The van der Waals surface area contributed by atoms with Gasteiger partial charge < -0.3 is 14.9 Å². The van der Waals surface area contributed by atoms with Gasteiger partial charge in [0.2, 0.25) is 0 Å². The van der Waals surface area contributed by atoms with Crippen molar-refractivity contribution in [2.45, 2.75) is 18.3 Å². The van der Waals surface area contributed by atoms with Crippen LogP contribution < -0.4 is 0 Å². The van der Waals surface area contributed by atoms with E-state index in [1.807, 2.05) is 0 Å². The van der Waals surface area contributed by atoms with Crippen molar-refractivity contribution in [3.63, 3.8) is 0 Å². The summed E-state index contributed by atoms with van der Waals surface area (Å²) in [5.74, 6) is -1.07. The Labute approximate surface area is 79.0 Å². The lowest BCUT2D eigenvalue weighted by Crippen LogP contribution is -2.34. The summed E-state index contributed by atoms with van der Waals surface area (Å²) in [6, 6.07) is 0. The second-order valence-corrected chi connectivity index (χ2v) is 3.71. The van der Waals surface area contributed by atoms with Gasteiger partial charge in [-0.15, -0.1) is 0 Å². The highest BCUT2D eigenvalue weighted by Gasteiger charge is 2.43. The Bertz CT molecular complexity index is 321. The third-order valence-electron chi connectivity index (χ3n) is 1.59. The molecule has 0 amide bonds. The molecule has 3 N–H and O–H groups in total. The lowest BCUT2D eigenvalue weighted by atomic mass is 10.1. The Hall–Kier alpha value is -0.740. The molecule has 8 nitrogen and oxygen atoms in total. The first-order valence-corrected chi connectivity index (χ1v) is 4.86. The van der Waals surface area contributed by atoms with Crippen molar-refractivity contribution in [3.05, 3.63) is 0 Å². The van der Waals surface area contributed by atoms with Crippen molar-refractivity contribution < 1.29 is 36.9 Å². The van der Waals surface area contributed by atoms with Crippen molar-refractivity contribution in [1.82, 2.24) is 0 Å². The number of cyclic esters (lactones) is 1. The zero-order valence-corrected chi connectivity index (χ0v) is 7.55. The molecule has 1 aliphatic rings. The molecule has 0 spiro atoms. The highest BCUT2D eigenvalue weighted by atomic mass is 32.3. The second-order valence-electron chi connectivity index (χ2n) is 2.62. The van der Waals surface area contributed by atoms with Crippen LogP contribution in [0.15, 0.2) is 0 Å². The number of aliphatic hydroxyl groups is 2. The van der Waals surface area contributed by atoms with E-state index in [0.717, 1.165) is 0 Å². The summed E-state index contributed by atoms with van der Waals surface area (Å²) in [6.07, 6.45) is -4.59. The number of aliphatic hydroxyl groups excluding tert-OH is 2. The molecule has 1 rings (SSSR count). The molecule has 0 aromatic carbocycles. The lowest BCUT2D eigenvalue weighted by molar-refractivity contribution is -0.148. The van der Waals surface area contributed by atoms with Gasteiger partial charge in [-0.2, -0.15) is 8.42 Å². The number of hydrogen-bond donors (Lipinski definition) is 3. The molecule has 9 heteroatoms. The molecular weight excluding hydrogens is 220 g/mol. The molecule has 3 atom stereocenters. The zero-order chi connectivity index (χ0) is 10.9. The minimum Gasteiger partial charge on any atom is -0.455 e. The first-order valence-electron chi connectivity index (χ1n) is 3.50. The van der Waals surface area contributed by atoms with Gasteiger partial charge in [-0.3, -0.25) is 4.55 Å². The van der Waals surface area contributed by atoms with Gasteiger partial charge in [-0.1, -0.05) is 0 Å². The zero-order valence-electron chi connectivity index (χ0n) is 6.73. The number of rotatable bonds is 3. The minimum absolute atomic E-state index is 0.747. The Balaban J connectivity index is 2.52. The average molecular weight is 228 g/mol. The molecule has 1 aliphatic heterocycles. The summed E-state index contributed by atoms with van der Waals surface area (Å²) >= 11 is 0. The standard InChI is InChI=1S/C5H8O8S/c6-3-2(1-12-14(9,10)11)13-5(8)4(3)7/h2-4,6-7H,1H2,(H,9,10,11)/t2-,3-,4-/m1/s1. The largest absolute Gasteiger partial charge is 0.455 e. The quantitative estimate of drug-likeness (QED) is 0.355. The molecule has 1 heterocycles. The smallest absolute Gasteiger partial charge is 0.397 e. The van der Waals surface area contributed by atoms with E-state index in [-0.39, 0.29) is 0 Å². The van der Waals surface area contributed by atoms with Crippen molar-refractivity contribution in [2.75, 3.05) is 6.61 Å². The summed E-state index contributed by atoms with van der Waals surface area (Å²) in [5.41, 5.74) is 0. The van der Waals surface area contributed by atoms with E-state index in [9.17, 15) is 13.2 Å². The van der Waals surface area contributed by atoms with E-state index in [2.05, 4.69) is 8.92 Å². The third kappa shape index (κ3) is 2.62. The predicted molar refractivity (Wildman–Crippen MR) is 39.4 cm³/mol. The van der Waals surface area contributed by atoms with Crippen LogP contribution in [0.5, 0.6) is 0 Å². The SMILES string of the molecule is O=C1O[C@H](COS(=O)(=O)O)[C@@H](O)[C@H]1O. The van der Waals surface area contributed by atoms with Gasteiger partial charge in [0.25, 0.3) is 0 Å². The van der Waals surface area contributed by atoms with Gasteiger partial charge in [0.1, 0.15) is 12.7 Å². The maximum atomic E-state index is 10.6. The van der Waals surface area contributed by atoms with Gasteiger partial charge in [0.15, 0.2) is 12.2 Å². The van der Waals surface area contributed by atoms with Crippen LogP contribution in [-0.4, -0.2) is 54.1 Å². The van der Waals surface area contributed by atoms with Crippen LogP contribution in [0.1, 0.15) is 0 Å². The van der Waals surface area contributed by atoms with Gasteiger partial charge in [-0.25, -0.2) is 8.98 Å². The summed E-state index contributed by atoms with van der Waals surface area (Å²) in [5, 5.41) is 17.9. The van der Waals surface area contributed by atoms with Crippen LogP contribution in [0, 0.1) is 0 Å². The van der Waals surface area contributed by atoms with Gasteiger partial charge >= 0.3 is 16.4 Å². The monoisotopic (exact) mass is 228 g/mol. The van der Waals surface area contributed by atoms with Crippen molar-refractivity contribution in [1.29, 1.82) is 0 Å². The number of carbonyl (C=O) groups is 1. The Kier molecular flexibility index (Phi) is 3.07. The van der Waals surface area contributed by atoms with Gasteiger partial charge in [0.05, 0.1) is 0 Å². The summed E-state index contributed by atoms with van der Waals surface area (Å²) in [7, 11) is -4.65. The topological polar surface area (TPSA) is 130 Å². The molecule has 0 unspecified atom stereocenters. The third-order valence-corrected chi connectivity index (χ3v) is 2.03. The molecule has 0 aromatic rings.